The highest BCUT2D eigenvalue weighted by atomic mass is 16.6. The van der Waals surface area contributed by atoms with E-state index in [2.05, 4.69) is 0 Å². The van der Waals surface area contributed by atoms with E-state index in [4.69, 9.17) is 13.9 Å². The number of ether oxygens (including phenoxy) is 2. The van der Waals surface area contributed by atoms with Gasteiger partial charge in [-0.2, -0.15) is 0 Å². The number of nitrogens with zero attached hydrogens (tertiary/aromatic N) is 2. The van der Waals surface area contributed by atoms with Gasteiger partial charge in [0, 0.05) is 26.2 Å². The van der Waals surface area contributed by atoms with E-state index in [-0.39, 0.29) is 11.8 Å². The average molecular weight is 356 g/mol. The molecule has 26 heavy (non-hydrogen) atoms. The van der Waals surface area contributed by atoms with Crippen molar-refractivity contribution in [2.24, 2.45) is 0 Å². The highest BCUT2D eigenvalue weighted by Gasteiger charge is 2.26. The second-order valence-corrected chi connectivity index (χ2v) is 6.31. The molecule has 2 aliphatic heterocycles. The molecule has 1 aromatic carbocycles. The molecule has 136 valence electrons. The van der Waals surface area contributed by atoms with Crippen LogP contribution in [0.1, 0.15) is 16.1 Å². The molecule has 0 atom stereocenters. The Bertz CT molecular complexity index is 794. The minimum atomic E-state index is -0.131. The number of furan rings is 1. The minimum Gasteiger partial charge on any atom is -0.486 e. The summed E-state index contributed by atoms with van der Waals surface area (Å²) in [5.74, 6) is 1.66. The number of hydrogen-bond acceptors (Lipinski definition) is 5. The summed E-state index contributed by atoms with van der Waals surface area (Å²) >= 11 is 0. The van der Waals surface area contributed by atoms with E-state index >= 15 is 0 Å². The molecule has 0 unspecified atom stereocenters. The van der Waals surface area contributed by atoms with E-state index in [1.165, 1.54) is 6.26 Å². The fourth-order valence-electron chi connectivity index (χ4n) is 3.20. The molecular weight excluding hydrogens is 336 g/mol. The van der Waals surface area contributed by atoms with Crippen molar-refractivity contribution in [2.75, 3.05) is 39.4 Å². The van der Waals surface area contributed by atoms with Crippen LogP contribution in [0.5, 0.6) is 11.5 Å². The zero-order chi connectivity index (χ0) is 17.9. The zero-order valence-electron chi connectivity index (χ0n) is 14.3. The Morgan fingerprint density at radius 3 is 2.38 bits per heavy atom. The molecule has 7 nitrogen and oxygen atoms in total. The van der Waals surface area contributed by atoms with Gasteiger partial charge >= 0.3 is 0 Å². The van der Waals surface area contributed by atoms with Crippen LogP contribution in [0.15, 0.2) is 41.0 Å². The molecule has 7 heteroatoms. The van der Waals surface area contributed by atoms with Gasteiger partial charge in [-0.1, -0.05) is 6.07 Å². The number of fused-ring (bicyclic) bond motifs is 1. The third-order valence-corrected chi connectivity index (χ3v) is 4.61. The number of rotatable bonds is 3. The molecule has 2 aliphatic rings. The molecule has 0 aliphatic carbocycles. The van der Waals surface area contributed by atoms with Crippen molar-refractivity contribution in [3.05, 3.63) is 47.9 Å². The molecule has 3 heterocycles. The second-order valence-electron chi connectivity index (χ2n) is 6.31. The van der Waals surface area contributed by atoms with Gasteiger partial charge in [-0.05, 0) is 29.8 Å². The molecule has 0 N–H and O–H groups in total. The standard InChI is InChI=1S/C19H20N2O5/c22-18(13-14-3-4-15-17(12-14)26-11-10-25-15)20-5-7-21(8-6-20)19(23)16-2-1-9-24-16/h1-4,9,12H,5-8,10-11,13H2. The lowest BCUT2D eigenvalue weighted by atomic mass is 10.1. The van der Waals surface area contributed by atoms with Crippen LogP contribution in [-0.4, -0.2) is 61.0 Å². The molecule has 1 fully saturated rings. The van der Waals surface area contributed by atoms with Gasteiger partial charge in [-0.3, -0.25) is 9.59 Å². The maximum absolute atomic E-state index is 12.6. The maximum Gasteiger partial charge on any atom is 0.289 e. The highest BCUT2D eigenvalue weighted by Crippen LogP contribution is 2.31. The van der Waals surface area contributed by atoms with Gasteiger partial charge in [-0.25, -0.2) is 0 Å². The molecule has 2 amide bonds. The van der Waals surface area contributed by atoms with Crippen molar-refractivity contribution in [2.45, 2.75) is 6.42 Å². The summed E-state index contributed by atoms with van der Waals surface area (Å²) in [4.78, 5) is 28.3. The van der Waals surface area contributed by atoms with Crippen LogP contribution in [0.2, 0.25) is 0 Å². The Hall–Kier alpha value is -2.96. The molecule has 0 saturated carbocycles. The molecule has 0 bridgehead atoms. The van der Waals surface area contributed by atoms with Crippen LogP contribution < -0.4 is 9.47 Å². The molecule has 1 saturated heterocycles. The van der Waals surface area contributed by atoms with Crippen LogP contribution in [0.4, 0.5) is 0 Å². The van der Waals surface area contributed by atoms with E-state index in [0.29, 0.717) is 57.3 Å². The predicted octanol–water partition coefficient (Wildman–Crippen LogP) is 1.58. The largest absolute Gasteiger partial charge is 0.486 e. The normalized spacial score (nSPS) is 16.5. The molecule has 1 aromatic heterocycles. The lowest BCUT2D eigenvalue weighted by molar-refractivity contribution is -0.131. The van der Waals surface area contributed by atoms with Crippen LogP contribution >= 0.6 is 0 Å². The predicted molar refractivity (Wildman–Crippen MR) is 92.3 cm³/mol. The minimum absolute atomic E-state index is 0.0479. The van der Waals surface area contributed by atoms with Crippen molar-refractivity contribution in [3.63, 3.8) is 0 Å². The molecular formula is C19H20N2O5. The summed E-state index contributed by atoms with van der Waals surface area (Å²) in [6, 6.07) is 8.95. The summed E-state index contributed by atoms with van der Waals surface area (Å²) in [6.45, 7) is 3.13. The molecule has 0 radical (unpaired) electrons. The smallest absolute Gasteiger partial charge is 0.289 e. The quantitative estimate of drug-likeness (QED) is 0.835. The lowest BCUT2D eigenvalue weighted by Gasteiger charge is -2.34. The van der Waals surface area contributed by atoms with Crippen LogP contribution in [0.25, 0.3) is 0 Å². The Labute approximate surface area is 151 Å². The fourth-order valence-corrected chi connectivity index (χ4v) is 3.20. The first-order valence-electron chi connectivity index (χ1n) is 8.70. The van der Waals surface area contributed by atoms with Gasteiger partial charge < -0.3 is 23.7 Å². The van der Waals surface area contributed by atoms with Gasteiger partial charge in [0.1, 0.15) is 13.2 Å². The van der Waals surface area contributed by atoms with Gasteiger partial charge in [0.2, 0.25) is 5.91 Å². The van der Waals surface area contributed by atoms with E-state index < -0.39 is 0 Å². The summed E-state index contributed by atoms with van der Waals surface area (Å²) < 4.78 is 16.2. The molecule has 4 rings (SSSR count). The lowest BCUT2D eigenvalue weighted by Crippen LogP contribution is -2.50. The highest BCUT2D eigenvalue weighted by molar-refractivity contribution is 5.91. The van der Waals surface area contributed by atoms with E-state index in [0.717, 1.165) is 11.3 Å². The Balaban J connectivity index is 1.33. The number of carbonyl (C=O) groups excluding carboxylic acids is 2. The second kappa shape index (κ2) is 7.11. The third kappa shape index (κ3) is 3.37. The van der Waals surface area contributed by atoms with E-state index in [1.54, 1.807) is 21.9 Å². The molecule has 2 aromatic rings. The first-order valence-corrected chi connectivity index (χ1v) is 8.70. The average Bonchev–Trinajstić information content (AvgIpc) is 3.22. The van der Waals surface area contributed by atoms with Crippen molar-refractivity contribution < 1.29 is 23.5 Å². The number of piperazine rings is 1. The van der Waals surface area contributed by atoms with Crippen LogP contribution in [-0.2, 0) is 11.2 Å². The van der Waals surface area contributed by atoms with Gasteiger partial charge in [0.25, 0.3) is 5.91 Å². The molecule has 0 spiro atoms. The van der Waals surface area contributed by atoms with E-state index in [9.17, 15) is 9.59 Å². The summed E-state index contributed by atoms with van der Waals surface area (Å²) in [7, 11) is 0. The van der Waals surface area contributed by atoms with Gasteiger partial charge in [0.15, 0.2) is 17.3 Å². The number of hydrogen-bond donors (Lipinski definition) is 0. The Morgan fingerprint density at radius 1 is 0.923 bits per heavy atom. The van der Waals surface area contributed by atoms with Crippen molar-refractivity contribution in [3.8, 4) is 11.5 Å². The number of carbonyl (C=O) groups is 2. The third-order valence-electron chi connectivity index (χ3n) is 4.61. The monoisotopic (exact) mass is 356 g/mol. The van der Waals surface area contributed by atoms with Crippen LogP contribution in [0, 0.1) is 0 Å². The summed E-state index contributed by atoms with van der Waals surface area (Å²) in [5.41, 5.74) is 0.897. The topological polar surface area (TPSA) is 72.2 Å². The van der Waals surface area contributed by atoms with Crippen LogP contribution in [0.3, 0.4) is 0 Å². The zero-order valence-corrected chi connectivity index (χ0v) is 14.3. The Morgan fingerprint density at radius 2 is 1.65 bits per heavy atom. The maximum atomic E-state index is 12.6. The fraction of sp³-hybridized carbons (Fsp3) is 0.368. The van der Waals surface area contributed by atoms with Gasteiger partial charge in [0.05, 0.1) is 12.7 Å². The van der Waals surface area contributed by atoms with Crippen molar-refractivity contribution >= 4 is 11.8 Å². The first kappa shape index (κ1) is 16.5. The van der Waals surface area contributed by atoms with Crippen molar-refractivity contribution in [1.29, 1.82) is 0 Å². The SMILES string of the molecule is O=C(Cc1ccc2c(c1)OCCO2)N1CCN(C(=O)c2ccco2)CC1. The Kier molecular flexibility index (Phi) is 4.51. The van der Waals surface area contributed by atoms with Gasteiger partial charge in [-0.15, -0.1) is 0 Å². The summed E-state index contributed by atoms with van der Waals surface area (Å²) in [6.07, 6.45) is 1.79. The number of benzene rings is 1. The first-order chi connectivity index (χ1) is 12.7. The summed E-state index contributed by atoms with van der Waals surface area (Å²) in [5, 5.41) is 0. The van der Waals surface area contributed by atoms with E-state index in [1.807, 2.05) is 18.2 Å². The van der Waals surface area contributed by atoms with Crippen molar-refractivity contribution in [1.82, 2.24) is 9.80 Å². The number of amides is 2.